The highest BCUT2D eigenvalue weighted by atomic mass is 16.1. The molecule has 3 heterocycles. The van der Waals surface area contributed by atoms with Gasteiger partial charge < -0.3 is 4.98 Å². The van der Waals surface area contributed by atoms with Gasteiger partial charge in [0.2, 0.25) is 0 Å². The summed E-state index contributed by atoms with van der Waals surface area (Å²) in [4.78, 5) is 29.9. The van der Waals surface area contributed by atoms with Gasteiger partial charge in [-0.1, -0.05) is 29.8 Å². The summed E-state index contributed by atoms with van der Waals surface area (Å²) in [7, 11) is 1.82. The second-order valence-electron chi connectivity index (χ2n) is 9.32. The monoisotopic (exact) mass is 438 g/mol. The molecule has 5 rings (SSSR count). The van der Waals surface area contributed by atoms with Crippen LogP contribution in [0.1, 0.15) is 26.3 Å². The zero-order valence-corrected chi connectivity index (χ0v) is 19.4. The van der Waals surface area contributed by atoms with Gasteiger partial charge in [-0.25, -0.2) is 14.8 Å². The number of fused-ring (bicyclic) bond motifs is 1. The van der Waals surface area contributed by atoms with Crippen molar-refractivity contribution in [1.82, 2.24) is 29.1 Å². The van der Waals surface area contributed by atoms with E-state index < -0.39 is 0 Å². The Kier molecular flexibility index (Phi) is 4.78. The number of nitrogens with zero attached hydrogens (tertiary/aromatic N) is 5. The van der Waals surface area contributed by atoms with Crippen molar-refractivity contribution in [3.05, 3.63) is 77.1 Å². The van der Waals surface area contributed by atoms with Crippen molar-refractivity contribution in [2.45, 2.75) is 33.2 Å². The molecule has 0 atom stereocenters. The number of benzene rings is 2. The van der Waals surface area contributed by atoms with Crippen LogP contribution in [0.4, 0.5) is 0 Å². The fraction of sp³-hybridized carbons (Fsp3) is 0.231. The van der Waals surface area contributed by atoms with Crippen molar-refractivity contribution in [2.24, 2.45) is 7.05 Å². The van der Waals surface area contributed by atoms with Gasteiger partial charge in [-0.3, -0.25) is 14.1 Å². The fourth-order valence-electron chi connectivity index (χ4n) is 4.27. The molecule has 0 radical (unpaired) electrons. The normalized spacial score (nSPS) is 11.9. The first kappa shape index (κ1) is 20.9. The van der Waals surface area contributed by atoms with Crippen LogP contribution < -0.4 is 5.69 Å². The molecule has 0 fully saturated rings. The zero-order valence-electron chi connectivity index (χ0n) is 19.4. The van der Waals surface area contributed by atoms with Crippen molar-refractivity contribution < 1.29 is 0 Å². The Hall–Kier alpha value is -4.00. The maximum atomic E-state index is 13.0. The third-order valence-electron chi connectivity index (χ3n) is 5.82. The molecule has 0 bridgehead atoms. The molecule has 0 saturated carbocycles. The lowest BCUT2D eigenvalue weighted by molar-refractivity contribution is 0.392. The number of hydrogen-bond donors (Lipinski definition) is 1. The minimum Gasteiger partial charge on any atom is -0.336 e. The van der Waals surface area contributed by atoms with Crippen LogP contribution in [0.15, 0.2) is 65.8 Å². The first-order valence-corrected chi connectivity index (χ1v) is 10.9. The number of H-pyrrole nitrogens is 1. The Balaban J connectivity index is 1.76. The molecule has 33 heavy (non-hydrogen) atoms. The van der Waals surface area contributed by atoms with E-state index in [0.29, 0.717) is 11.5 Å². The Morgan fingerprint density at radius 2 is 1.79 bits per heavy atom. The van der Waals surface area contributed by atoms with Crippen molar-refractivity contribution >= 4 is 11.0 Å². The molecule has 2 aromatic carbocycles. The number of rotatable bonds is 3. The molecule has 0 saturated heterocycles. The minimum atomic E-state index is -0.321. The molecule has 0 aliphatic rings. The Morgan fingerprint density at radius 3 is 2.48 bits per heavy atom. The lowest BCUT2D eigenvalue weighted by atomic mass is 10.0. The molecular weight excluding hydrogens is 412 g/mol. The molecule has 7 nitrogen and oxygen atoms in total. The summed E-state index contributed by atoms with van der Waals surface area (Å²) in [5.41, 5.74) is 6.92. The lowest BCUT2D eigenvalue weighted by Crippen LogP contribution is -2.34. The molecule has 166 valence electrons. The summed E-state index contributed by atoms with van der Waals surface area (Å²) in [5.74, 6) is 0.649. The predicted octanol–water partition coefficient (Wildman–Crippen LogP) is 4.92. The summed E-state index contributed by atoms with van der Waals surface area (Å²) in [6.07, 6.45) is 4.99. The molecule has 7 heteroatoms. The quantitative estimate of drug-likeness (QED) is 0.434. The number of aromatic nitrogens is 6. The summed E-state index contributed by atoms with van der Waals surface area (Å²) in [6, 6.07) is 14.4. The van der Waals surface area contributed by atoms with Gasteiger partial charge in [0, 0.05) is 36.1 Å². The van der Waals surface area contributed by atoms with Crippen LogP contribution in [0.3, 0.4) is 0 Å². The van der Waals surface area contributed by atoms with Crippen LogP contribution in [0.5, 0.6) is 0 Å². The van der Waals surface area contributed by atoms with Crippen LogP contribution in [0.25, 0.3) is 45.1 Å². The fourth-order valence-corrected chi connectivity index (χ4v) is 4.27. The smallest absolute Gasteiger partial charge is 0.329 e. The molecule has 3 aromatic heterocycles. The van der Waals surface area contributed by atoms with Crippen molar-refractivity contribution in [3.8, 4) is 34.0 Å². The van der Waals surface area contributed by atoms with Gasteiger partial charge >= 0.3 is 5.69 Å². The average Bonchev–Trinajstić information content (AvgIpc) is 3.34. The molecular formula is C26H26N6O. The van der Waals surface area contributed by atoms with Gasteiger partial charge in [0.15, 0.2) is 5.82 Å². The second-order valence-corrected chi connectivity index (χ2v) is 9.32. The maximum absolute atomic E-state index is 13.0. The van der Waals surface area contributed by atoms with Crippen LogP contribution in [0, 0.1) is 6.92 Å². The summed E-state index contributed by atoms with van der Waals surface area (Å²) < 4.78 is 3.54. The van der Waals surface area contributed by atoms with E-state index in [0.717, 1.165) is 39.1 Å². The molecule has 0 aliphatic heterocycles. The van der Waals surface area contributed by atoms with Crippen molar-refractivity contribution in [2.75, 3.05) is 0 Å². The largest absolute Gasteiger partial charge is 0.336 e. The summed E-state index contributed by atoms with van der Waals surface area (Å²) in [6.45, 7) is 8.19. The number of aryl methyl sites for hydroxylation is 2. The maximum Gasteiger partial charge on any atom is 0.329 e. The molecule has 0 spiro atoms. The number of nitrogens with one attached hydrogen (secondary N) is 1. The Labute approximate surface area is 191 Å². The zero-order chi connectivity index (χ0) is 23.3. The number of hydrogen-bond acceptors (Lipinski definition) is 4. The van der Waals surface area contributed by atoms with Gasteiger partial charge in [-0.05, 0) is 45.9 Å². The highest BCUT2D eigenvalue weighted by Gasteiger charge is 2.23. The first-order chi connectivity index (χ1) is 15.7. The summed E-state index contributed by atoms with van der Waals surface area (Å²) in [5, 5.41) is 0. The molecule has 0 aliphatic carbocycles. The lowest BCUT2D eigenvalue weighted by Gasteiger charge is -2.20. The average molecular weight is 439 g/mol. The Bertz CT molecular complexity index is 1530. The van der Waals surface area contributed by atoms with Gasteiger partial charge in [0.1, 0.15) is 5.69 Å². The first-order valence-electron chi connectivity index (χ1n) is 10.9. The topological polar surface area (TPSA) is 81.4 Å². The van der Waals surface area contributed by atoms with Gasteiger partial charge in [0.05, 0.1) is 28.6 Å². The van der Waals surface area contributed by atoms with E-state index in [4.69, 9.17) is 4.98 Å². The summed E-state index contributed by atoms with van der Waals surface area (Å²) >= 11 is 0. The highest BCUT2D eigenvalue weighted by molar-refractivity contribution is 5.87. The Morgan fingerprint density at radius 1 is 0.970 bits per heavy atom. The van der Waals surface area contributed by atoms with Crippen LogP contribution >= 0.6 is 0 Å². The van der Waals surface area contributed by atoms with E-state index >= 15 is 0 Å². The molecule has 5 aromatic rings. The van der Waals surface area contributed by atoms with E-state index in [-0.39, 0.29) is 11.2 Å². The van der Waals surface area contributed by atoms with E-state index in [1.807, 2.05) is 56.7 Å². The predicted molar refractivity (Wildman–Crippen MR) is 131 cm³/mol. The third kappa shape index (κ3) is 3.55. The molecule has 0 amide bonds. The van der Waals surface area contributed by atoms with Crippen molar-refractivity contribution in [1.29, 1.82) is 0 Å². The van der Waals surface area contributed by atoms with Gasteiger partial charge in [0.25, 0.3) is 0 Å². The number of aromatic amines is 1. The molecule has 0 unspecified atom stereocenters. The van der Waals surface area contributed by atoms with E-state index in [9.17, 15) is 4.79 Å². The third-order valence-corrected chi connectivity index (χ3v) is 5.82. The van der Waals surface area contributed by atoms with Gasteiger partial charge in [-0.2, -0.15) is 0 Å². The second kappa shape index (κ2) is 7.55. The van der Waals surface area contributed by atoms with Crippen molar-refractivity contribution in [3.63, 3.8) is 0 Å². The van der Waals surface area contributed by atoms with Crippen LogP contribution in [-0.2, 0) is 12.6 Å². The number of imidazole rings is 2. The standard InChI is InChI=1S/C26H26N6O/c1-16-7-6-8-17(13-16)22-23(30-24(29-22)19-15-27-11-12-28-19)18-9-10-20-21(14-18)31(5)25(33)32(20)26(2,3)4/h6-15H,1-5H3,(H,29,30). The van der Waals surface area contributed by atoms with Gasteiger partial charge in [-0.15, -0.1) is 0 Å². The van der Waals surface area contributed by atoms with E-state index in [1.165, 1.54) is 0 Å². The van der Waals surface area contributed by atoms with Crippen LogP contribution in [0.2, 0.25) is 0 Å². The SMILES string of the molecule is Cc1cccc(-c2nc(-c3cnccn3)[nH]c2-c2ccc3c(c2)n(C)c(=O)n3C(C)(C)C)c1. The van der Waals surface area contributed by atoms with E-state index in [1.54, 1.807) is 23.2 Å². The highest BCUT2D eigenvalue weighted by Crippen LogP contribution is 2.34. The molecule has 1 N–H and O–H groups in total. The minimum absolute atomic E-state index is 0.0292. The van der Waals surface area contributed by atoms with Crippen LogP contribution in [-0.4, -0.2) is 29.1 Å². The van der Waals surface area contributed by atoms with E-state index in [2.05, 4.69) is 40.1 Å².